The first-order valence-electron chi connectivity index (χ1n) is 8.98. The summed E-state index contributed by atoms with van der Waals surface area (Å²) in [5.41, 5.74) is 3.70. The number of nitrogens with zero attached hydrogens (tertiary/aromatic N) is 1. The maximum Gasteiger partial charge on any atom is 0.228 e. The molecule has 142 valence electrons. The summed E-state index contributed by atoms with van der Waals surface area (Å²) in [7, 11) is 0. The van der Waals surface area contributed by atoms with E-state index in [0.717, 1.165) is 57.2 Å². The maximum atomic E-state index is 12.5. The van der Waals surface area contributed by atoms with Crippen molar-refractivity contribution in [1.82, 2.24) is 10.2 Å². The standard InChI is InChI=1S/C19H29N3O.2ClH/c1-14(2)8-10-22-12-16-5-3-7-18(17(16)13-22)21-19(23)15-6-4-9-20-11-15;;/h3,5,7,14-15,20H,4,6,8-13H2,1-2H3,(H,21,23);2*1H. The summed E-state index contributed by atoms with van der Waals surface area (Å²) < 4.78 is 0. The van der Waals surface area contributed by atoms with Crippen LogP contribution in [-0.2, 0) is 17.9 Å². The number of halogens is 2. The summed E-state index contributed by atoms with van der Waals surface area (Å²) in [6.45, 7) is 9.49. The molecule has 0 bridgehead atoms. The molecule has 0 spiro atoms. The van der Waals surface area contributed by atoms with Crippen molar-refractivity contribution in [1.29, 1.82) is 0 Å². The van der Waals surface area contributed by atoms with E-state index in [4.69, 9.17) is 0 Å². The Morgan fingerprint density at radius 1 is 1.32 bits per heavy atom. The minimum Gasteiger partial charge on any atom is -0.325 e. The molecule has 1 fully saturated rings. The molecule has 1 saturated heterocycles. The predicted octanol–water partition coefficient (Wildman–Crippen LogP) is 3.83. The Hall–Kier alpha value is -0.810. The average Bonchev–Trinajstić information content (AvgIpc) is 2.98. The van der Waals surface area contributed by atoms with E-state index in [2.05, 4.69) is 47.6 Å². The van der Waals surface area contributed by atoms with E-state index in [-0.39, 0.29) is 36.6 Å². The largest absolute Gasteiger partial charge is 0.325 e. The van der Waals surface area contributed by atoms with Gasteiger partial charge in [0, 0.05) is 25.3 Å². The highest BCUT2D eigenvalue weighted by molar-refractivity contribution is 5.93. The van der Waals surface area contributed by atoms with Crippen molar-refractivity contribution in [2.45, 2.75) is 46.2 Å². The van der Waals surface area contributed by atoms with E-state index in [9.17, 15) is 4.79 Å². The highest BCUT2D eigenvalue weighted by Gasteiger charge is 2.25. The zero-order valence-corrected chi connectivity index (χ0v) is 16.8. The van der Waals surface area contributed by atoms with Crippen molar-refractivity contribution in [2.24, 2.45) is 11.8 Å². The van der Waals surface area contributed by atoms with Crippen molar-refractivity contribution < 1.29 is 4.79 Å². The topological polar surface area (TPSA) is 44.4 Å². The van der Waals surface area contributed by atoms with Crippen molar-refractivity contribution in [2.75, 3.05) is 25.0 Å². The minimum absolute atomic E-state index is 0. The van der Waals surface area contributed by atoms with Gasteiger partial charge in [0.05, 0.1) is 5.92 Å². The van der Waals surface area contributed by atoms with Crippen LogP contribution in [0.2, 0.25) is 0 Å². The second-order valence-corrected chi connectivity index (χ2v) is 7.37. The molecule has 1 aromatic rings. The lowest BCUT2D eigenvalue weighted by Gasteiger charge is -2.22. The van der Waals surface area contributed by atoms with Crippen LogP contribution in [0.15, 0.2) is 18.2 Å². The number of benzene rings is 1. The molecule has 2 N–H and O–H groups in total. The molecule has 2 heterocycles. The Kier molecular flexibility index (Phi) is 9.22. The second kappa shape index (κ2) is 10.4. The van der Waals surface area contributed by atoms with Gasteiger partial charge in [-0.2, -0.15) is 0 Å². The Morgan fingerprint density at radius 2 is 2.12 bits per heavy atom. The van der Waals surface area contributed by atoms with E-state index in [0.29, 0.717) is 0 Å². The van der Waals surface area contributed by atoms with Gasteiger partial charge in [0.2, 0.25) is 5.91 Å². The SMILES string of the molecule is CC(C)CCN1Cc2cccc(NC(=O)C3CCCNC3)c2C1.Cl.Cl. The Morgan fingerprint density at radius 3 is 2.80 bits per heavy atom. The zero-order chi connectivity index (χ0) is 16.2. The summed E-state index contributed by atoms with van der Waals surface area (Å²) in [5.74, 6) is 1.01. The van der Waals surface area contributed by atoms with E-state index in [1.54, 1.807) is 0 Å². The molecule has 1 amide bonds. The van der Waals surface area contributed by atoms with Crippen LogP contribution in [0, 0.1) is 11.8 Å². The first kappa shape index (κ1) is 22.2. The van der Waals surface area contributed by atoms with Gasteiger partial charge in [0.15, 0.2) is 0 Å². The number of rotatable bonds is 5. The zero-order valence-electron chi connectivity index (χ0n) is 15.2. The lowest BCUT2D eigenvalue weighted by atomic mass is 9.98. The van der Waals surface area contributed by atoms with Crippen molar-refractivity contribution in [3.05, 3.63) is 29.3 Å². The van der Waals surface area contributed by atoms with Crippen LogP contribution in [0.3, 0.4) is 0 Å². The van der Waals surface area contributed by atoms with Gasteiger partial charge in [-0.25, -0.2) is 0 Å². The monoisotopic (exact) mass is 387 g/mol. The normalized spacial score (nSPS) is 19.7. The van der Waals surface area contributed by atoms with E-state index < -0.39 is 0 Å². The molecule has 0 saturated carbocycles. The molecule has 25 heavy (non-hydrogen) atoms. The highest BCUT2D eigenvalue weighted by Crippen LogP contribution is 2.30. The molecule has 2 aliphatic heterocycles. The lowest BCUT2D eigenvalue weighted by molar-refractivity contribution is -0.120. The molecule has 6 heteroatoms. The minimum atomic E-state index is 0. The molecule has 0 aliphatic carbocycles. The van der Waals surface area contributed by atoms with Gasteiger partial charge in [-0.3, -0.25) is 9.69 Å². The maximum absolute atomic E-state index is 12.5. The second-order valence-electron chi connectivity index (χ2n) is 7.37. The molecular formula is C19H31Cl2N3O. The first-order valence-corrected chi connectivity index (χ1v) is 8.98. The van der Waals surface area contributed by atoms with Crippen LogP contribution in [0.5, 0.6) is 0 Å². The Balaban J connectivity index is 0.00000156. The van der Waals surface area contributed by atoms with Crippen LogP contribution in [0.25, 0.3) is 0 Å². The van der Waals surface area contributed by atoms with Gasteiger partial charge in [-0.1, -0.05) is 26.0 Å². The van der Waals surface area contributed by atoms with E-state index in [1.807, 2.05) is 0 Å². The van der Waals surface area contributed by atoms with Gasteiger partial charge in [-0.15, -0.1) is 24.8 Å². The quantitative estimate of drug-likeness (QED) is 0.806. The molecule has 3 rings (SSSR count). The number of hydrogen-bond acceptors (Lipinski definition) is 3. The van der Waals surface area contributed by atoms with Gasteiger partial charge in [-0.05, 0) is 55.5 Å². The lowest BCUT2D eigenvalue weighted by Crippen LogP contribution is -2.37. The summed E-state index contributed by atoms with van der Waals surface area (Å²) in [6.07, 6.45) is 3.31. The molecule has 0 aromatic heterocycles. The average molecular weight is 388 g/mol. The number of anilines is 1. The molecule has 2 aliphatic rings. The fourth-order valence-electron chi connectivity index (χ4n) is 3.52. The van der Waals surface area contributed by atoms with E-state index >= 15 is 0 Å². The van der Waals surface area contributed by atoms with Gasteiger partial charge >= 0.3 is 0 Å². The smallest absolute Gasteiger partial charge is 0.228 e. The number of amides is 1. The van der Waals surface area contributed by atoms with Crippen LogP contribution in [-0.4, -0.2) is 30.4 Å². The summed E-state index contributed by atoms with van der Waals surface area (Å²) >= 11 is 0. The van der Waals surface area contributed by atoms with Gasteiger partial charge < -0.3 is 10.6 Å². The predicted molar refractivity (Wildman–Crippen MR) is 109 cm³/mol. The Labute approximate surface area is 163 Å². The fourth-order valence-corrected chi connectivity index (χ4v) is 3.52. The highest BCUT2D eigenvalue weighted by atomic mass is 35.5. The van der Waals surface area contributed by atoms with Crippen LogP contribution in [0.4, 0.5) is 5.69 Å². The molecule has 1 atom stereocenters. The van der Waals surface area contributed by atoms with Gasteiger partial charge in [0.25, 0.3) is 0 Å². The molecule has 4 nitrogen and oxygen atoms in total. The third kappa shape index (κ3) is 5.85. The van der Waals surface area contributed by atoms with Crippen LogP contribution in [0.1, 0.15) is 44.2 Å². The summed E-state index contributed by atoms with van der Waals surface area (Å²) in [4.78, 5) is 15.0. The number of nitrogens with one attached hydrogen (secondary N) is 2. The fraction of sp³-hybridized carbons (Fsp3) is 0.632. The third-order valence-electron chi connectivity index (χ3n) is 5.00. The van der Waals surface area contributed by atoms with Crippen molar-refractivity contribution in [3.63, 3.8) is 0 Å². The van der Waals surface area contributed by atoms with Crippen molar-refractivity contribution >= 4 is 36.4 Å². The molecule has 1 aromatic carbocycles. The number of hydrogen-bond donors (Lipinski definition) is 2. The number of piperidine rings is 1. The number of carbonyl (C=O) groups is 1. The Bertz CT molecular complexity index is 560. The number of carbonyl (C=O) groups excluding carboxylic acids is 1. The van der Waals surface area contributed by atoms with E-state index in [1.165, 1.54) is 17.5 Å². The molecule has 0 radical (unpaired) electrons. The number of fused-ring (bicyclic) bond motifs is 1. The van der Waals surface area contributed by atoms with Crippen molar-refractivity contribution in [3.8, 4) is 0 Å². The first-order chi connectivity index (χ1) is 11.1. The third-order valence-corrected chi connectivity index (χ3v) is 5.00. The summed E-state index contributed by atoms with van der Waals surface area (Å²) in [6, 6.07) is 6.32. The van der Waals surface area contributed by atoms with Crippen LogP contribution >= 0.6 is 24.8 Å². The molecular weight excluding hydrogens is 357 g/mol. The van der Waals surface area contributed by atoms with Gasteiger partial charge in [0.1, 0.15) is 0 Å². The van der Waals surface area contributed by atoms with Crippen LogP contribution < -0.4 is 10.6 Å². The molecule has 1 unspecified atom stereocenters. The summed E-state index contributed by atoms with van der Waals surface area (Å²) in [5, 5.41) is 6.51.